The molecule has 0 aromatic heterocycles. The molecule has 28 heavy (non-hydrogen) atoms. The van der Waals surface area contributed by atoms with Gasteiger partial charge in [-0.2, -0.15) is 0 Å². The van der Waals surface area contributed by atoms with Crippen molar-refractivity contribution in [3.63, 3.8) is 0 Å². The molecule has 7 heteroatoms. The van der Waals surface area contributed by atoms with Gasteiger partial charge in [-0.1, -0.05) is 48.5 Å². The molecule has 0 amide bonds. The zero-order valence-corrected chi connectivity index (χ0v) is 15.9. The topological polar surface area (TPSA) is 67.3 Å². The Hall–Kier alpha value is -2.99. The lowest BCUT2D eigenvalue weighted by atomic mass is 10.1. The fourth-order valence-corrected chi connectivity index (χ4v) is 3.20. The molecule has 0 aliphatic carbocycles. The molecule has 2 aromatic carbocycles. The summed E-state index contributed by atoms with van der Waals surface area (Å²) in [6.45, 7) is 4.89. The van der Waals surface area contributed by atoms with Gasteiger partial charge in [-0.3, -0.25) is 0 Å². The maximum atomic E-state index is 14.2. The summed E-state index contributed by atoms with van der Waals surface area (Å²) in [7, 11) is 0. The van der Waals surface area contributed by atoms with Gasteiger partial charge < -0.3 is 21.7 Å². The number of hydrogen-bond donors (Lipinski definition) is 3. The van der Waals surface area contributed by atoms with Crippen LogP contribution in [-0.4, -0.2) is 18.0 Å². The minimum atomic E-state index is -0.663. The Balaban J connectivity index is 1.93. The van der Waals surface area contributed by atoms with Crippen LogP contribution in [0.2, 0.25) is 5.02 Å². The van der Waals surface area contributed by atoms with Gasteiger partial charge >= 0.3 is 0 Å². The van der Waals surface area contributed by atoms with Crippen LogP contribution < -0.4 is 16.8 Å². The van der Waals surface area contributed by atoms with E-state index in [1.807, 2.05) is 29.2 Å². The lowest BCUT2D eigenvalue weighted by molar-refractivity contribution is 0.315. The van der Waals surface area contributed by atoms with Crippen LogP contribution in [0.3, 0.4) is 0 Å². The number of rotatable bonds is 5. The van der Waals surface area contributed by atoms with Gasteiger partial charge in [0, 0.05) is 30.9 Å². The Bertz CT molecular complexity index is 952. The lowest BCUT2D eigenvalue weighted by Gasteiger charge is -2.32. The van der Waals surface area contributed by atoms with E-state index in [0.29, 0.717) is 30.3 Å². The number of nitrogens with one attached hydrogen (secondary N) is 1. The smallest absolute Gasteiger partial charge is 0.142 e. The van der Waals surface area contributed by atoms with Crippen molar-refractivity contribution in [1.82, 2.24) is 10.2 Å². The second-order valence-corrected chi connectivity index (χ2v) is 6.77. The summed E-state index contributed by atoms with van der Waals surface area (Å²) in [4.78, 5) is 1.82. The molecule has 0 bridgehead atoms. The summed E-state index contributed by atoms with van der Waals surface area (Å²) in [6.07, 6.45) is 3.46. The zero-order valence-electron chi connectivity index (χ0n) is 15.2. The highest BCUT2D eigenvalue weighted by Gasteiger charge is 2.21. The van der Waals surface area contributed by atoms with E-state index >= 15 is 0 Å². The summed E-state index contributed by atoms with van der Waals surface area (Å²) in [5.41, 5.74) is 15.3. The number of nitrogens with zero attached hydrogens (tertiary/aromatic N) is 1. The van der Waals surface area contributed by atoms with E-state index in [1.54, 1.807) is 12.2 Å². The van der Waals surface area contributed by atoms with Crippen LogP contribution in [0, 0.1) is 11.6 Å². The fourth-order valence-electron chi connectivity index (χ4n) is 2.99. The van der Waals surface area contributed by atoms with Crippen molar-refractivity contribution < 1.29 is 8.78 Å². The number of nitrogens with two attached hydrogens (primary N) is 2. The molecule has 4 nitrogen and oxygen atoms in total. The highest BCUT2D eigenvalue weighted by Crippen LogP contribution is 2.27. The molecule has 3 rings (SSSR count). The van der Waals surface area contributed by atoms with Crippen LogP contribution in [0.25, 0.3) is 11.8 Å². The van der Waals surface area contributed by atoms with Gasteiger partial charge in [-0.05, 0) is 29.3 Å². The van der Waals surface area contributed by atoms with Crippen LogP contribution in [0.1, 0.15) is 16.7 Å². The molecule has 0 saturated heterocycles. The average molecular weight is 403 g/mol. The summed E-state index contributed by atoms with van der Waals surface area (Å²) >= 11 is 5.98. The third-order valence-electron chi connectivity index (χ3n) is 4.57. The predicted molar refractivity (Wildman–Crippen MR) is 110 cm³/mol. The number of hydrogen-bond acceptors (Lipinski definition) is 4. The molecule has 5 N–H and O–H groups in total. The zero-order chi connectivity index (χ0) is 20.3. The van der Waals surface area contributed by atoms with E-state index < -0.39 is 11.6 Å². The first kappa shape index (κ1) is 19.8. The second kappa shape index (κ2) is 8.35. The Morgan fingerprint density at radius 3 is 2.54 bits per heavy atom. The first-order valence-electron chi connectivity index (χ1n) is 8.71. The molecule has 0 saturated carbocycles. The minimum absolute atomic E-state index is 0.0688. The predicted octanol–water partition coefficient (Wildman–Crippen LogP) is 3.79. The SMILES string of the molecule is C=Cc1ccc(/C(N)=C/C2=C(N)NCCN2Cc2c(F)ccc(F)c2Cl)cc1. The lowest BCUT2D eigenvalue weighted by Crippen LogP contribution is -2.41. The average Bonchev–Trinajstić information content (AvgIpc) is 2.70. The molecule has 1 heterocycles. The van der Waals surface area contributed by atoms with E-state index in [0.717, 1.165) is 23.3 Å². The molecule has 0 spiro atoms. The Labute approximate surface area is 167 Å². The number of halogens is 3. The number of allylic oxidation sites excluding steroid dienone is 1. The van der Waals surface area contributed by atoms with Crippen molar-refractivity contribution in [2.75, 3.05) is 13.1 Å². The van der Waals surface area contributed by atoms with E-state index in [9.17, 15) is 8.78 Å². The van der Waals surface area contributed by atoms with Crippen LogP contribution in [0.15, 0.2) is 60.6 Å². The molecule has 146 valence electrons. The van der Waals surface area contributed by atoms with Gasteiger partial charge in [0.2, 0.25) is 0 Å². The highest BCUT2D eigenvalue weighted by molar-refractivity contribution is 6.31. The summed E-state index contributed by atoms with van der Waals surface area (Å²) in [6, 6.07) is 9.64. The molecule has 1 aliphatic rings. The van der Waals surface area contributed by atoms with Crippen LogP contribution >= 0.6 is 11.6 Å². The molecular weight excluding hydrogens is 382 g/mol. The quantitative estimate of drug-likeness (QED) is 0.665. The molecule has 0 radical (unpaired) electrons. The third kappa shape index (κ3) is 4.12. The van der Waals surface area contributed by atoms with E-state index in [-0.39, 0.29) is 17.1 Å². The van der Waals surface area contributed by atoms with Gasteiger partial charge in [0.05, 0.1) is 10.7 Å². The van der Waals surface area contributed by atoms with Gasteiger partial charge in [0.1, 0.15) is 17.5 Å². The standard InChI is InChI=1S/C21H21ClF2N4/c1-2-13-3-5-14(6-4-13)18(25)11-19-21(26)27-9-10-28(19)12-15-16(23)7-8-17(24)20(15)22/h2-8,11,27H,1,9-10,12,25-26H2/b18-11-. The van der Waals surface area contributed by atoms with E-state index in [2.05, 4.69) is 11.9 Å². The van der Waals surface area contributed by atoms with Crippen molar-refractivity contribution >= 4 is 23.4 Å². The normalized spacial score (nSPS) is 14.8. The van der Waals surface area contributed by atoms with Gasteiger partial charge in [-0.15, -0.1) is 0 Å². The monoisotopic (exact) mass is 402 g/mol. The third-order valence-corrected chi connectivity index (χ3v) is 4.98. The minimum Gasteiger partial charge on any atom is -0.398 e. The molecule has 2 aromatic rings. The van der Waals surface area contributed by atoms with Crippen molar-refractivity contribution in [3.05, 3.63) is 93.9 Å². The summed E-state index contributed by atoms with van der Waals surface area (Å²) in [5, 5.41) is 2.84. The fraction of sp³-hybridized carbons (Fsp3) is 0.143. The van der Waals surface area contributed by atoms with Crippen molar-refractivity contribution in [1.29, 1.82) is 0 Å². The first-order chi connectivity index (χ1) is 13.4. The molecule has 0 fully saturated rings. The van der Waals surface area contributed by atoms with Gasteiger partial charge in [0.25, 0.3) is 0 Å². The summed E-state index contributed by atoms with van der Waals surface area (Å²) < 4.78 is 28.0. The van der Waals surface area contributed by atoms with Crippen LogP contribution in [0.5, 0.6) is 0 Å². The maximum Gasteiger partial charge on any atom is 0.142 e. The maximum absolute atomic E-state index is 14.2. The van der Waals surface area contributed by atoms with Gasteiger partial charge in [-0.25, -0.2) is 8.78 Å². The van der Waals surface area contributed by atoms with E-state index in [4.69, 9.17) is 23.1 Å². The molecular formula is C21H21ClF2N4. The highest BCUT2D eigenvalue weighted by atomic mass is 35.5. The second-order valence-electron chi connectivity index (χ2n) is 6.39. The Morgan fingerprint density at radius 1 is 1.18 bits per heavy atom. The van der Waals surface area contributed by atoms with Crippen LogP contribution in [0.4, 0.5) is 8.78 Å². The number of benzene rings is 2. The molecule has 0 unspecified atom stereocenters. The first-order valence-corrected chi connectivity index (χ1v) is 9.09. The van der Waals surface area contributed by atoms with E-state index in [1.165, 1.54) is 0 Å². The Kier molecular flexibility index (Phi) is 5.90. The van der Waals surface area contributed by atoms with Crippen molar-refractivity contribution in [2.24, 2.45) is 11.5 Å². The Morgan fingerprint density at radius 2 is 1.86 bits per heavy atom. The van der Waals surface area contributed by atoms with Crippen LogP contribution in [-0.2, 0) is 6.54 Å². The largest absolute Gasteiger partial charge is 0.398 e. The van der Waals surface area contributed by atoms with Crippen molar-refractivity contribution in [3.8, 4) is 0 Å². The van der Waals surface area contributed by atoms with Crippen molar-refractivity contribution in [2.45, 2.75) is 6.54 Å². The summed E-state index contributed by atoms with van der Waals surface area (Å²) in [5.74, 6) is -0.825. The molecule has 1 aliphatic heterocycles. The van der Waals surface area contributed by atoms with Gasteiger partial charge in [0.15, 0.2) is 0 Å². The molecule has 0 atom stereocenters.